The molecule has 1 heterocycles. The number of carbonyl (C=O) groups excluding carboxylic acids is 1. The molecule has 0 N–H and O–H groups in total. The van der Waals surface area contributed by atoms with Gasteiger partial charge in [0.15, 0.2) is 0 Å². The molecule has 1 aliphatic rings. The molecule has 0 spiro atoms. The molecule has 1 aliphatic carbocycles. The Balaban J connectivity index is 1.91. The maximum absolute atomic E-state index is 13.6. The Kier molecular flexibility index (Phi) is 5.46. The zero-order chi connectivity index (χ0) is 21.4. The lowest BCUT2D eigenvalue weighted by Gasteiger charge is -2.35. The van der Waals surface area contributed by atoms with E-state index >= 15 is 0 Å². The molecule has 1 aromatic heterocycles. The third kappa shape index (κ3) is 3.42. The summed E-state index contributed by atoms with van der Waals surface area (Å²) in [4.78, 5) is 33.4. The maximum Gasteiger partial charge on any atom is 0.266 e. The van der Waals surface area contributed by atoms with Gasteiger partial charge in [0, 0.05) is 12.5 Å². The van der Waals surface area contributed by atoms with Crippen LogP contribution in [-0.2, 0) is 4.79 Å². The number of hydrogen-bond acceptors (Lipinski definition) is 3. The van der Waals surface area contributed by atoms with Gasteiger partial charge in [0.25, 0.3) is 5.56 Å². The smallest absolute Gasteiger partial charge is 0.266 e. The fourth-order valence-corrected chi connectivity index (χ4v) is 4.19. The van der Waals surface area contributed by atoms with Crippen LogP contribution in [0.1, 0.15) is 56.1 Å². The molecule has 5 heteroatoms. The van der Waals surface area contributed by atoms with Gasteiger partial charge >= 0.3 is 0 Å². The van der Waals surface area contributed by atoms with E-state index in [0.717, 1.165) is 30.5 Å². The van der Waals surface area contributed by atoms with Crippen molar-refractivity contribution in [2.24, 2.45) is 5.92 Å². The molecule has 1 atom stereocenters. The van der Waals surface area contributed by atoms with Gasteiger partial charge in [-0.2, -0.15) is 0 Å². The Hall–Kier alpha value is -2.95. The topological polar surface area (TPSA) is 55.2 Å². The molecule has 30 heavy (non-hydrogen) atoms. The van der Waals surface area contributed by atoms with E-state index in [1.807, 2.05) is 68.1 Å². The second-order valence-electron chi connectivity index (χ2n) is 8.32. The van der Waals surface area contributed by atoms with Gasteiger partial charge in [-0.3, -0.25) is 14.2 Å². The summed E-state index contributed by atoms with van der Waals surface area (Å²) in [5.41, 5.74) is 3.64. The van der Waals surface area contributed by atoms with E-state index in [2.05, 4.69) is 6.92 Å². The zero-order valence-corrected chi connectivity index (χ0v) is 18.2. The minimum atomic E-state index is -0.304. The summed E-state index contributed by atoms with van der Waals surface area (Å²) in [6, 6.07) is 13.1. The zero-order valence-electron chi connectivity index (χ0n) is 18.2. The van der Waals surface area contributed by atoms with E-state index in [9.17, 15) is 9.59 Å². The number of aromatic nitrogens is 2. The summed E-state index contributed by atoms with van der Waals surface area (Å²) in [5.74, 6) is 0.886. The highest BCUT2D eigenvalue weighted by molar-refractivity contribution is 5.80. The quantitative estimate of drug-likeness (QED) is 0.620. The molecule has 0 aliphatic heterocycles. The van der Waals surface area contributed by atoms with E-state index in [4.69, 9.17) is 4.98 Å². The third-order valence-corrected chi connectivity index (χ3v) is 6.47. The van der Waals surface area contributed by atoms with Crippen LogP contribution in [0.4, 0.5) is 0 Å². The number of benzene rings is 2. The third-order valence-electron chi connectivity index (χ3n) is 6.47. The number of aryl methyl sites for hydroxylation is 2. The number of carbonyl (C=O) groups is 1. The Morgan fingerprint density at radius 1 is 1.17 bits per heavy atom. The van der Waals surface area contributed by atoms with Gasteiger partial charge in [0.1, 0.15) is 5.82 Å². The molecule has 156 valence electrons. The van der Waals surface area contributed by atoms with Crippen LogP contribution in [0, 0.1) is 19.8 Å². The van der Waals surface area contributed by atoms with E-state index in [1.54, 1.807) is 4.57 Å². The largest absolute Gasteiger partial charge is 0.333 e. The minimum Gasteiger partial charge on any atom is -0.333 e. The molecule has 1 saturated carbocycles. The average molecular weight is 404 g/mol. The average Bonchev–Trinajstić information content (AvgIpc) is 2.69. The number of hydrogen-bond donors (Lipinski definition) is 0. The summed E-state index contributed by atoms with van der Waals surface area (Å²) >= 11 is 0. The van der Waals surface area contributed by atoms with Gasteiger partial charge in [-0.1, -0.05) is 24.6 Å². The van der Waals surface area contributed by atoms with E-state index in [-0.39, 0.29) is 23.4 Å². The number of nitrogens with zero attached hydrogens (tertiary/aromatic N) is 3. The normalized spacial score (nSPS) is 15.1. The fourth-order valence-electron chi connectivity index (χ4n) is 4.19. The second kappa shape index (κ2) is 8.05. The Bertz CT molecular complexity index is 1160. The minimum absolute atomic E-state index is 0.0992. The monoisotopic (exact) mass is 403 g/mol. The highest BCUT2D eigenvalue weighted by Crippen LogP contribution is 2.32. The van der Waals surface area contributed by atoms with Crippen molar-refractivity contribution < 1.29 is 4.79 Å². The first kappa shape index (κ1) is 20.3. The molecular formula is C25H29N3O2. The van der Waals surface area contributed by atoms with Crippen molar-refractivity contribution in [1.82, 2.24) is 14.5 Å². The number of para-hydroxylation sites is 1. The summed E-state index contributed by atoms with van der Waals surface area (Å²) in [6.45, 7) is 8.66. The van der Waals surface area contributed by atoms with Gasteiger partial charge in [0.05, 0.1) is 22.6 Å². The van der Waals surface area contributed by atoms with Crippen molar-refractivity contribution in [2.45, 2.75) is 53.0 Å². The molecular weight excluding hydrogens is 374 g/mol. The molecule has 0 bridgehead atoms. The van der Waals surface area contributed by atoms with Crippen LogP contribution < -0.4 is 5.56 Å². The summed E-state index contributed by atoms with van der Waals surface area (Å²) in [6.07, 6.45) is 3.03. The van der Waals surface area contributed by atoms with Crippen LogP contribution in [0.25, 0.3) is 16.6 Å². The lowest BCUT2D eigenvalue weighted by atomic mass is 9.84. The predicted molar refractivity (Wildman–Crippen MR) is 120 cm³/mol. The fraction of sp³-hybridized carbons (Fsp3) is 0.400. The van der Waals surface area contributed by atoms with E-state index < -0.39 is 0 Å². The van der Waals surface area contributed by atoms with Crippen LogP contribution >= 0.6 is 0 Å². The van der Waals surface area contributed by atoms with Crippen LogP contribution in [0.2, 0.25) is 0 Å². The van der Waals surface area contributed by atoms with E-state index in [1.165, 1.54) is 5.56 Å². The van der Waals surface area contributed by atoms with Crippen molar-refractivity contribution in [2.75, 3.05) is 6.54 Å². The van der Waals surface area contributed by atoms with Gasteiger partial charge < -0.3 is 4.90 Å². The number of amides is 1. The van der Waals surface area contributed by atoms with E-state index in [0.29, 0.717) is 23.3 Å². The van der Waals surface area contributed by atoms with Crippen LogP contribution in [-0.4, -0.2) is 26.9 Å². The molecule has 2 aromatic carbocycles. The van der Waals surface area contributed by atoms with Crippen molar-refractivity contribution in [3.8, 4) is 5.69 Å². The number of fused-ring (bicyclic) bond motifs is 1. The maximum atomic E-state index is 13.6. The molecule has 1 amide bonds. The second-order valence-corrected chi connectivity index (χ2v) is 8.32. The van der Waals surface area contributed by atoms with Crippen LogP contribution in [0.15, 0.2) is 47.3 Å². The lowest BCUT2D eigenvalue weighted by Crippen LogP contribution is -2.42. The van der Waals surface area contributed by atoms with Crippen LogP contribution in [0.3, 0.4) is 0 Å². The van der Waals surface area contributed by atoms with Gasteiger partial charge in [0.2, 0.25) is 5.91 Å². The highest BCUT2D eigenvalue weighted by Gasteiger charge is 2.33. The summed E-state index contributed by atoms with van der Waals surface area (Å²) in [5, 5.41) is 0.583. The molecule has 3 aromatic rings. The first-order valence-corrected chi connectivity index (χ1v) is 10.8. The van der Waals surface area contributed by atoms with Crippen LogP contribution in [0.5, 0.6) is 0 Å². The Morgan fingerprint density at radius 2 is 1.90 bits per heavy atom. The SMILES string of the molecule is CCN(C(=O)C1CCC1)C(C)c1nc2ccccc2c(=O)n1-c1ccc(C)c(C)c1. The van der Waals surface area contributed by atoms with Crippen molar-refractivity contribution >= 4 is 16.8 Å². The van der Waals surface area contributed by atoms with Crippen molar-refractivity contribution in [3.05, 3.63) is 69.8 Å². The lowest BCUT2D eigenvalue weighted by molar-refractivity contribution is -0.140. The Morgan fingerprint density at radius 3 is 2.53 bits per heavy atom. The molecule has 5 nitrogen and oxygen atoms in total. The van der Waals surface area contributed by atoms with Gasteiger partial charge in [-0.15, -0.1) is 0 Å². The number of rotatable bonds is 5. The summed E-state index contributed by atoms with van der Waals surface area (Å²) < 4.78 is 1.69. The highest BCUT2D eigenvalue weighted by atomic mass is 16.2. The van der Waals surface area contributed by atoms with Crippen molar-refractivity contribution in [1.29, 1.82) is 0 Å². The molecule has 4 rings (SSSR count). The summed E-state index contributed by atoms with van der Waals surface area (Å²) in [7, 11) is 0. The molecule has 1 fully saturated rings. The first-order chi connectivity index (χ1) is 14.4. The predicted octanol–water partition coefficient (Wildman–Crippen LogP) is 4.71. The molecule has 1 unspecified atom stereocenters. The van der Waals surface area contributed by atoms with Crippen molar-refractivity contribution in [3.63, 3.8) is 0 Å². The molecule has 0 radical (unpaired) electrons. The molecule has 0 saturated heterocycles. The first-order valence-electron chi connectivity index (χ1n) is 10.8. The Labute approximate surface area is 177 Å². The van der Waals surface area contributed by atoms with Gasteiger partial charge in [-0.25, -0.2) is 4.98 Å². The van der Waals surface area contributed by atoms with Gasteiger partial charge in [-0.05, 0) is 75.9 Å². The standard InChI is InChI=1S/C25H29N3O2/c1-5-27(24(29)19-9-8-10-19)18(4)23-26-22-12-7-6-11-21(22)25(30)28(23)20-14-13-16(2)17(3)15-20/h6-7,11-15,18-19H,5,8-10H2,1-4H3.